The van der Waals surface area contributed by atoms with Gasteiger partial charge in [-0.1, -0.05) is 38.1 Å². The van der Waals surface area contributed by atoms with Crippen molar-refractivity contribution in [3.05, 3.63) is 78.5 Å². The molecule has 7 nitrogen and oxygen atoms in total. The van der Waals surface area contributed by atoms with Gasteiger partial charge >= 0.3 is 0 Å². The van der Waals surface area contributed by atoms with Crippen molar-refractivity contribution in [2.24, 2.45) is 0 Å². The van der Waals surface area contributed by atoms with Crippen LogP contribution in [0.15, 0.2) is 67.3 Å². The molecule has 0 saturated carbocycles. The normalized spacial score (nSPS) is 12.9. The van der Waals surface area contributed by atoms with Crippen LogP contribution in [-0.2, 0) is 17.7 Å². The minimum absolute atomic E-state index is 0.248. The summed E-state index contributed by atoms with van der Waals surface area (Å²) in [6.07, 6.45) is 2.78. The molecule has 0 bridgehead atoms. The van der Waals surface area contributed by atoms with E-state index in [1.165, 1.54) is 0 Å². The van der Waals surface area contributed by atoms with Crippen molar-refractivity contribution in [2.45, 2.75) is 52.3 Å². The molecule has 0 radical (unpaired) electrons. The van der Waals surface area contributed by atoms with E-state index >= 15 is 0 Å². The number of aromatic nitrogens is 2. The predicted octanol–water partition coefficient (Wildman–Crippen LogP) is 5.40. The zero-order valence-electron chi connectivity index (χ0n) is 21.9. The largest absolute Gasteiger partial charge is 0.497 e. The van der Waals surface area contributed by atoms with E-state index in [9.17, 15) is 5.11 Å². The Kier molecular flexibility index (Phi) is 10.5. The summed E-state index contributed by atoms with van der Waals surface area (Å²) in [5.41, 5.74) is 2.90. The molecule has 0 fully saturated rings. The smallest absolute Gasteiger partial charge is 0.227 e. The van der Waals surface area contributed by atoms with Crippen LogP contribution in [0, 0.1) is 0 Å². The molecule has 1 N–H and O–H groups in total. The van der Waals surface area contributed by atoms with Crippen LogP contribution in [0.25, 0.3) is 5.69 Å². The van der Waals surface area contributed by atoms with E-state index < -0.39 is 6.10 Å². The number of para-hydroxylation sites is 1. The third kappa shape index (κ3) is 7.20. The second kappa shape index (κ2) is 13.8. The summed E-state index contributed by atoms with van der Waals surface area (Å²) in [6.45, 7) is 11.9. The molecule has 0 saturated heterocycles. The number of aliphatic hydroxyl groups is 1. The van der Waals surface area contributed by atoms with Gasteiger partial charge in [0.05, 0.1) is 43.4 Å². The molecule has 0 amide bonds. The minimum Gasteiger partial charge on any atom is -0.497 e. The van der Waals surface area contributed by atoms with Crippen LogP contribution >= 0.6 is 0 Å². The SMILES string of the molecule is C=CCOCC(O)CN(Cc1c(CC)nn(-c2ccccc2)c1Oc1ccc(OC)cc1)C(C)CC. The monoisotopic (exact) mass is 493 g/mol. The van der Waals surface area contributed by atoms with Gasteiger partial charge in [0, 0.05) is 19.1 Å². The minimum atomic E-state index is -0.612. The second-order valence-electron chi connectivity index (χ2n) is 8.78. The van der Waals surface area contributed by atoms with Crippen LogP contribution in [0.4, 0.5) is 0 Å². The summed E-state index contributed by atoms with van der Waals surface area (Å²) in [5, 5.41) is 15.6. The first-order valence-electron chi connectivity index (χ1n) is 12.6. The molecule has 36 heavy (non-hydrogen) atoms. The Bertz CT molecular complexity index is 1070. The van der Waals surface area contributed by atoms with Crippen molar-refractivity contribution in [1.29, 1.82) is 0 Å². The van der Waals surface area contributed by atoms with Crippen LogP contribution in [0.1, 0.15) is 38.4 Å². The summed E-state index contributed by atoms with van der Waals surface area (Å²) >= 11 is 0. The maximum absolute atomic E-state index is 10.7. The number of benzene rings is 2. The fourth-order valence-corrected chi connectivity index (χ4v) is 4.00. The maximum atomic E-state index is 10.7. The van der Waals surface area contributed by atoms with Crippen molar-refractivity contribution in [1.82, 2.24) is 14.7 Å². The number of ether oxygens (including phenoxy) is 3. The highest BCUT2D eigenvalue weighted by Crippen LogP contribution is 2.33. The second-order valence-corrected chi connectivity index (χ2v) is 8.78. The van der Waals surface area contributed by atoms with Crippen LogP contribution in [0.5, 0.6) is 17.4 Å². The predicted molar refractivity (Wildman–Crippen MR) is 143 cm³/mol. The van der Waals surface area contributed by atoms with E-state index in [0.29, 0.717) is 31.3 Å². The lowest BCUT2D eigenvalue weighted by molar-refractivity contribution is 0.0155. The summed E-state index contributed by atoms with van der Waals surface area (Å²) in [4.78, 5) is 2.27. The fraction of sp³-hybridized carbons (Fsp3) is 0.414. The van der Waals surface area contributed by atoms with Crippen LogP contribution in [0.2, 0.25) is 0 Å². The zero-order valence-corrected chi connectivity index (χ0v) is 21.9. The number of aliphatic hydroxyl groups excluding tert-OH is 1. The fourth-order valence-electron chi connectivity index (χ4n) is 4.00. The van der Waals surface area contributed by atoms with E-state index in [-0.39, 0.29) is 12.6 Å². The first kappa shape index (κ1) is 27.5. The van der Waals surface area contributed by atoms with E-state index in [0.717, 1.165) is 35.5 Å². The van der Waals surface area contributed by atoms with Gasteiger partial charge in [0.2, 0.25) is 5.88 Å². The lowest BCUT2D eigenvalue weighted by Gasteiger charge is -2.30. The topological polar surface area (TPSA) is 69.0 Å². The Morgan fingerprint density at radius 1 is 1.08 bits per heavy atom. The zero-order chi connectivity index (χ0) is 25.9. The first-order valence-corrected chi connectivity index (χ1v) is 12.6. The number of rotatable bonds is 15. The van der Waals surface area contributed by atoms with Crippen LogP contribution < -0.4 is 9.47 Å². The third-order valence-electron chi connectivity index (χ3n) is 6.20. The molecule has 194 valence electrons. The molecule has 3 aromatic rings. The molecule has 0 aliphatic rings. The average molecular weight is 494 g/mol. The molecule has 7 heteroatoms. The highest BCUT2D eigenvalue weighted by molar-refractivity contribution is 5.44. The number of nitrogens with zero attached hydrogens (tertiary/aromatic N) is 3. The highest BCUT2D eigenvalue weighted by Gasteiger charge is 2.25. The molecular formula is C29H39N3O4. The van der Waals surface area contributed by atoms with Crippen LogP contribution in [0.3, 0.4) is 0 Å². The molecule has 0 spiro atoms. The highest BCUT2D eigenvalue weighted by atomic mass is 16.5. The molecule has 0 aliphatic heterocycles. The van der Waals surface area contributed by atoms with Gasteiger partial charge in [-0.15, -0.1) is 6.58 Å². The third-order valence-corrected chi connectivity index (χ3v) is 6.20. The van der Waals surface area contributed by atoms with Gasteiger partial charge in [0.25, 0.3) is 0 Å². The molecule has 1 aromatic heterocycles. The van der Waals surface area contributed by atoms with Gasteiger partial charge < -0.3 is 19.3 Å². The van der Waals surface area contributed by atoms with Gasteiger partial charge in [0.1, 0.15) is 11.5 Å². The maximum Gasteiger partial charge on any atom is 0.227 e. The van der Waals surface area contributed by atoms with Crippen LogP contribution in [-0.4, -0.2) is 58.8 Å². The molecule has 1 heterocycles. The van der Waals surface area contributed by atoms with E-state index in [1.54, 1.807) is 13.2 Å². The Labute approximate surface area is 214 Å². The van der Waals surface area contributed by atoms with Crippen molar-refractivity contribution < 1.29 is 19.3 Å². The van der Waals surface area contributed by atoms with E-state index in [2.05, 4.69) is 32.3 Å². The van der Waals surface area contributed by atoms with Gasteiger partial charge in [-0.2, -0.15) is 5.10 Å². The Morgan fingerprint density at radius 3 is 2.39 bits per heavy atom. The summed E-state index contributed by atoms with van der Waals surface area (Å²) in [7, 11) is 1.65. The first-order chi connectivity index (χ1) is 17.5. The van der Waals surface area contributed by atoms with Gasteiger partial charge in [-0.3, -0.25) is 4.90 Å². The molecule has 2 atom stereocenters. The molecular weight excluding hydrogens is 454 g/mol. The van der Waals surface area contributed by atoms with Crippen molar-refractivity contribution in [2.75, 3.05) is 26.9 Å². The van der Waals surface area contributed by atoms with Crippen molar-refractivity contribution in [3.8, 4) is 23.1 Å². The standard InChI is InChI=1S/C29H39N3O4/c1-6-18-35-21-24(33)19-31(22(4)7-2)20-27-28(8-3)30-32(23-12-10-9-11-13-23)29(27)36-26-16-14-25(34-5)15-17-26/h6,9-17,22,24,33H,1,7-8,18-21H2,2-5H3. The number of methoxy groups -OCH3 is 1. The Morgan fingerprint density at radius 2 is 1.78 bits per heavy atom. The molecule has 0 aliphatic carbocycles. The summed E-state index contributed by atoms with van der Waals surface area (Å²) in [6, 6.07) is 17.8. The van der Waals surface area contributed by atoms with E-state index in [4.69, 9.17) is 19.3 Å². The van der Waals surface area contributed by atoms with E-state index in [1.807, 2.05) is 59.3 Å². The Hall–Kier alpha value is -3.13. The number of aryl methyl sites for hydroxylation is 1. The average Bonchev–Trinajstić information content (AvgIpc) is 3.25. The molecule has 2 unspecified atom stereocenters. The number of hydrogen-bond acceptors (Lipinski definition) is 6. The van der Waals surface area contributed by atoms with Crippen molar-refractivity contribution >= 4 is 0 Å². The van der Waals surface area contributed by atoms with Gasteiger partial charge in [0.15, 0.2) is 0 Å². The molecule has 3 rings (SSSR count). The lowest BCUT2D eigenvalue weighted by atomic mass is 10.1. The van der Waals surface area contributed by atoms with Crippen molar-refractivity contribution in [3.63, 3.8) is 0 Å². The quantitative estimate of drug-likeness (QED) is 0.226. The van der Waals surface area contributed by atoms with Gasteiger partial charge in [-0.05, 0) is 56.2 Å². The summed E-state index contributed by atoms with van der Waals surface area (Å²) in [5.74, 6) is 2.14. The molecule has 2 aromatic carbocycles. The number of hydrogen-bond donors (Lipinski definition) is 1. The summed E-state index contributed by atoms with van der Waals surface area (Å²) < 4.78 is 19.2. The Balaban J connectivity index is 1.99. The lowest BCUT2D eigenvalue weighted by Crippen LogP contribution is -2.40. The van der Waals surface area contributed by atoms with Gasteiger partial charge in [-0.25, -0.2) is 4.68 Å².